The second kappa shape index (κ2) is 4.86. The lowest BCUT2D eigenvalue weighted by molar-refractivity contribution is -0.154. The van der Waals surface area contributed by atoms with E-state index in [4.69, 9.17) is 11.6 Å². The molecule has 0 aliphatic heterocycles. The summed E-state index contributed by atoms with van der Waals surface area (Å²) in [6.07, 6.45) is -4.41. The number of likely N-dealkylation sites (N-methyl/N-ethyl adjacent to an activating group) is 1. The summed E-state index contributed by atoms with van der Waals surface area (Å²) in [6, 6.07) is 4.98. The van der Waals surface area contributed by atoms with E-state index in [2.05, 4.69) is 5.32 Å². The van der Waals surface area contributed by atoms with Crippen LogP contribution < -0.4 is 5.32 Å². The molecule has 0 saturated heterocycles. The largest absolute Gasteiger partial charge is 0.404 e. The van der Waals surface area contributed by atoms with Crippen molar-refractivity contribution < 1.29 is 13.2 Å². The molecule has 15 heavy (non-hydrogen) atoms. The normalized spacial score (nSPS) is 13.9. The summed E-state index contributed by atoms with van der Waals surface area (Å²) >= 11 is 5.78. The van der Waals surface area contributed by atoms with E-state index in [1.165, 1.54) is 7.05 Å². The molecule has 0 aromatic heterocycles. The zero-order valence-electron chi connectivity index (χ0n) is 8.11. The minimum Gasteiger partial charge on any atom is -0.309 e. The van der Waals surface area contributed by atoms with Crippen molar-refractivity contribution in [2.24, 2.45) is 0 Å². The molecule has 1 unspecified atom stereocenters. The maximum absolute atomic E-state index is 12.4. The van der Waals surface area contributed by atoms with Gasteiger partial charge >= 0.3 is 6.18 Å². The van der Waals surface area contributed by atoms with E-state index < -0.39 is 12.2 Å². The first-order valence-electron chi connectivity index (χ1n) is 4.42. The molecule has 1 nitrogen and oxygen atoms in total. The molecule has 0 aliphatic rings. The number of rotatable bonds is 3. The highest BCUT2D eigenvalue weighted by molar-refractivity contribution is 6.31. The van der Waals surface area contributed by atoms with Gasteiger partial charge in [0, 0.05) is 5.02 Å². The monoisotopic (exact) mass is 237 g/mol. The van der Waals surface area contributed by atoms with Crippen molar-refractivity contribution in [3.05, 3.63) is 34.9 Å². The van der Waals surface area contributed by atoms with Crippen molar-refractivity contribution in [3.8, 4) is 0 Å². The third kappa shape index (κ3) is 3.39. The van der Waals surface area contributed by atoms with Crippen molar-refractivity contribution in [2.45, 2.75) is 18.6 Å². The van der Waals surface area contributed by atoms with Crippen LogP contribution in [0, 0.1) is 0 Å². The summed E-state index contributed by atoms with van der Waals surface area (Å²) in [4.78, 5) is 0. The second-order valence-corrected chi connectivity index (χ2v) is 3.59. The average molecular weight is 238 g/mol. The first kappa shape index (κ1) is 12.3. The molecule has 84 valence electrons. The van der Waals surface area contributed by atoms with Crippen molar-refractivity contribution >= 4 is 11.6 Å². The molecular weight excluding hydrogens is 227 g/mol. The Morgan fingerprint density at radius 1 is 1.33 bits per heavy atom. The second-order valence-electron chi connectivity index (χ2n) is 3.18. The van der Waals surface area contributed by atoms with E-state index in [-0.39, 0.29) is 6.42 Å². The van der Waals surface area contributed by atoms with Gasteiger partial charge in [0.15, 0.2) is 0 Å². The van der Waals surface area contributed by atoms with E-state index in [9.17, 15) is 13.2 Å². The van der Waals surface area contributed by atoms with Gasteiger partial charge in [-0.05, 0) is 25.1 Å². The molecule has 1 rings (SSSR count). The van der Waals surface area contributed by atoms with Crippen LogP contribution in [-0.4, -0.2) is 19.3 Å². The topological polar surface area (TPSA) is 12.0 Å². The van der Waals surface area contributed by atoms with Crippen LogP contribution in [0.15, 0.2) is 24.3 Å². The third-order valence-corrected chi connectivity index (χ3v) is 2.49. The molecule has 0 amide bonds. The van der Waals surface area contributed by atoms with Crippen LogP contribution in [0.5, 0.6) is 0 Å². The minimum atomic E-state index is -4.26. The summed E-state index contributed by atoms with van der Waals surface area (Å²) in [7, 11) is 1.29. The highest BCUT2D eigenvalue weighted by Crippen LogP contribution is 2.25. The first-order valence-corrected chi connectivity index (χ1v) is 4.80. The SMILES string of the molecule is CNC(Cc1ccccc1Cl)C(F)(F)F. The van der Waals surface area contributed by atoms with E-state index in [0.29, 0.717) is 10.6 Å². The summed E-state index contributed by atoms with van der Waals surface area (Å²) < 4.78 is 37.3. The lowest BCUT2D eigenvalue weighted by atomic mass is 10.1. The Balaban J connectivity index is 2.80. The number of nitrogens with one attached hydrogen (secondary N) is 1. The quantitative estimate of drug-likeness (QED) is 0.852. The van der Waals surface area contributed by atoms with Gasteiger partial charge in [0.1, 0.15) is 6.04 Å². The van der Waals surface area contributed by atoms with E-state index >= 15 is 0 Å². The van der Waals surface area contributed by atoms with Crippen LogP contribution in [0.3, 0.4) is 0 Å². The number of benzene rings is 1. The molecule has 1 N–H and O–H groups in total. The van der Waals surface area contributed by atoms with Crippen LogP contribution in [0.4, 0.5) is 13.2 Å². The molecule has 0 radical (unpaired) electrons. The number of alkyl halides is 3. The molecule has 0 spiro atoms. The molecule has 0 heterocycles. The Kier molecular flexibility index (Phi) is 3.99. The molecule has 0 bridgehead atoms. The van der Waals surface area contributed by atoms with Crippen LogP contribution >= 0.6 is 11.6 Å². The zero-order valence-corrected chi connectivity index (χ0v) is 8.86. The van der Waals surface area contributed by atoms with Gasteiger partial charge in [-0.25, -0.2) is 0 Å². The van der Waals surface area contributed by atoms with Crippen molar-refractivity contribution in [1.82, 2.24) is 5.32 Å². The van der Waals surface area contributed by atoms with Gasteiger partial charge in [-0.3, -0.25) is 0 Å². The van der Waals surface area contributed by atoms with Crippen LogP contribution in [0.2, 0.25) is 5.02 Å². The molecule has 1 aromatic rings. The Labute approximate surface area is 91.2 Å². The molecule has 0 saturated carbocycles. The van der Waals surface area contributed by atoms with Gasteiger partial charge in [0.05, 0.1) is 0 Å². The Morgan fingerprint density at radius 2 is 1.93 bits per heavy atom. The molecule has 5 heteroatoms. The van der Waals surface area contributed by atoms with Crippen LogP contribution in [0.1, 0.15) is 5.56 Å². The van der Waals surface area contributed by atoms with E-state index in [1.54, 1.807) is 24.3 Å². The lowest BCUT2D eigenvalue weighted by Crippen LogP contribution is -2.41. The Bertz CT molecular complexity index is 325. The van der Waals surface area contributed by atoms with Gasteiger partial charge < -0.3 is 5.32 Å². The van der Waals surface area contributed by atoms with Crippen molar-refractivity contribution in [3.63, 3.8) is 0 Å². The van der Waals surface area contributed by atoms with E-state index in [0.717, 1.165) is 0 Å². The molecule has 0 fully saturated rings. The Morgan fingerprint density at radius 3 is 2.40 bits per heavy atom. The summed E-state index contributed by atoms with van der Waals surface area (Å²) in [5, 5.41) is 2.60. The standard InChI is InChI=1S/C10H11ClF3N/c1-15-9(10(12,13)14)6-7-4-2-3-5-8(7)11/h2-5,9,15H,6H2,1H3. The fraction of sp³-hybridized carbons (Fsp3) is 0.400. The van der Waals surface area contributed by atoms with E-state index in [1.807, 2.05) is 0 Å². The van der Waals surface area contributed by atoms with Crippen LogP contribution in [0.25, 0.3) is 0 Å². The van der Waals surface area contributed by atoms with Gasteiger partial charge in [-0.1, -0.05) is 29.8 Å². The van der Waals surface area contributed by atoms with Gasteiger partial charge in [0.25, 0.3) is 0 Å². The number of hydrogen-bond donors (Lipinski definition) is 1. The summed E-state index contributed by atoms with van der Waals surface area (Å²) in [5.74, 6) is 0. The minimum absolute atomic E-state index is 0.153. The third-order valence-electron chi connectivity index (χ3n) is 2.13. The highest BCUT2D eigenvalue weighted by atomic mass is 35.5. The fourth-order valence-electron chi connectivity index (χ4n) is 1.27. The van der Waals surface area contributed by atoms with Gasteiger partial charge in [-0.15, -0.1) is 0 Å². The average Bonchev–Trinajstić information content (AvgIpc) is 2.14. The van der Waals surface area contributed by atoms with Crippen LogP contribution in [-0.2, 0) is 6.42 Å². The highest BCUT2D eigenvalue weighted by Gasteiger charge is 2.38. The number of halogens is 4. The van der Waals surface area contributed by atoms with Crippen molar-refractivity contribution in [2.75, 3.05) is 7.05 Å². The lowest BCUT2D eigenvalue weighted by Gasteiger charge is -2.19. The predicted octanol–water partition coefficient (Wildman–Crippen LogP) is 3.03. The smallest absolute Gasteiger partial charge is 0.309 e. The fourth-order valence-corrected chi connectivity index (χ4v) is 1.48. The predicted molar refractivity (Wildman–Crippen MR) is 54.1 cm³/mol. The molecule has 0 aliphatic carbocycles. The molecule has 1 atom stereocenters. The zero-order chi connectivity index (χ0) is 11.5. The van der Waals surface area contributed by atoms with Crippen molar-refractivity contribution in [1.29, 1.82) is 0 Å². The first-order chi connectivity index (χ1) is 6.95. The number of hydrogen-bond acceptors (Lipinski definition) is 1. The Hall–Kier alpha value is -0.740. The van der Waals surface area contributed by atoms with Gasteiger partial charge in [-0.2, -0.15) is 13.2 Å². The summed E-state index contributed by atoms with van der Waals surface area (Å²) in [5.41, 5.74) is 0.496. The maximum Gasteiger partial charge on any atom is 0.404 e. The molecule has 1 aromatic carbocycles. The summed E-state index contributed by atoms with van der Waals surface area (Å²) in [6.45, 7) is 0. The molecular formula is C10H11ClF3N. The van der Waals surface area contributed by atoms with Gasteiger partial charge in [0.2, 0.25) is 0 Å². The maximum atomic E-state index is 12.4.